The van der Waals surface area contributed by atoms with Gasteiger partial charge in [0.15, 0.2) is 0 Å². The lowest BCUT2D eigenvalue weighted by molar-refractivity contribution is 0.208. The van der Waals surface area contributed by atoms with E-state index in [0.717, 1.165) is 12.1 Å². The molecule has 0 bridgehead atoms. The van der Waals surface area contributed by atoms with Crippen LogP contribution >= 0.6 is 27.5 Å². The van der Waals surface area contributed by atoms with Crippen LogP contribution in [0.5, 0.6) is 5.75 Å². The summed E-state index contributed by atoms with van der Waals surface area (Å²) in [6.07, 6.45) is -1.45. The first kappa shape index (κ1) is 15.2. The van der Waals surface area contributed by atoms with E-state index >= 15 is 0 Å². The molecule has 0 fully saturated rings. The zero-order chi connectivity index (χ0) is 14.9. The van der Waals surface area contributed by atoms with Crippen molar-refractivity contribution in [3.8, 4) is 5.75 Å². The van der Waals surface area contributed by atoms with Gasteiger partial charge in [-0.2, -0.15) is 0 Å². The highest BCUT2D eigenvalue weighted by Gasteiger charge is 2.22. The molecule has 6 heteroatoms. The van der Waals surface area contributed by atoms with Crippen LogP contribution in [0.4, 0.5) is 8.78 Å². The Kier molecular flexibility index (Phi) is 4.62. The van der Waals surface area contributed by atoms with Gasteiger partial charge in [0.05, 0.1) is 12.7 Å². The Morgan fingerprint density at radius 1 is 1.20 bits per heavy atom. The molecule has 20 heavy (non-hydrogen) atoms. The number of methoxy groups -OCH3 is 1. The fourth-order valence-corrected chi connectivity index (χ4v) is 2.72. The zero-order valence-corrected chi connectivity index (χ0v) is 12.7. The fraction of sp³-hybridized carbons (Fsp3) is 0.143. The lowest BCUT2D eigenvalue weighted by atomic mass is 10.0. The van der Waals surface area contributed by atoms with Crippen molar-refractivity contribution in [2.45, 2.75) is 6.10 Å². The zero-order valence-electron chi connectivity index (χ0n) is 10.3. The van der Waals surface area contributed by atoms with Crippen molar-refractivity contribution in [3.05, 3.63) is 62.6 Å². The van der Waals surface area contributed by atoms with Gasteiger partial charge in [0.1, 0.15) is 23.5 Å². The molecule has 1 N–H and O–H groups in total. The van der Waals surface area contributed by atoms with Gasteiger partial charge in [0.2, 0.25) is 0 Å². The van der Waals surface area contributed by atoms with Crippen molar-refractivity contribution in [2.24, 2.45) is 0 Å². The Hall–Kier alpha value is -1.17. The third kappa shape index (κ3) is 2.95. The summed E-state index contributed by atoms with van der Waals surface area (Å²) in [4.78, 5) is 0. The maximum absolute atomic E-state index is 13.9. The number of benzene rings is 2. The van der Waals surface area contributed by atoms with E-state index in [-0.39, 0.29) is 5.75 Å². The standard InChI is InChI=1S/C14H10BrClF2O2/c1-20-8-5-11(17)13(12(18)6-8)14(19)9-3-2-7(16)4-10(9)15/h2-6,14,19H,1H3. The number of halogens is 4. The summed E-state index contributed by atoms with van der Waals surface area (Å²) in [6, 6.07) is 6.61. The van der Waals surface area contributed by atoms with Gasteiger partial charge in [-0.05, 0) is 17.7 Å². The van der Waals surface area contributed by atoms with Gasteiger partial charge < -0.3 is 9.84 Å². The maximum atomic E-state index is 13.9. The minimum Gasteiger partial charge on any atom is -0.497 e. The van der Waals surface area contributed by atoms with Gasteiger partial charge in [-0.15, -0.1) is 0 Å². The van der Waals surface area contributed by atoms with Crippen molar-refractivity contribution < 1.29 is 18.6 Å². The summed E-state index contributed by atoms with van der Waals surface area (Å²) in [7, 11) is 1.31. The van der Waals surface area contributed by atoms with E-state index in [2.05, 4.69) is 15.9 Å². The molecular formula is C14H10BrClF2O2. The van der Waals surface area contributed by atoms with Crippen LogP contribution in [0.1, 0.15) is 17.2 Å². The summed E-state index contributed by atoms with van der Waals surface area (Å²) >= 11 is 9.00. The SMILES string of the molecule is COc1cc(F)c(C(O)c2ccc(Cl)cc2Br)c(F)c1. The van der Waals surface area contributed by atoms with Crippen LogP contribution in [-0.4, -0.2) is 12.2 Å². The third-order valence-corrected chi connectivity index (χ3v) is 3.74. The molecule has 0 radical (unpaired) electrons. The highest BCUT2D eigenvalue weighted by atomic mass is 79.9. The number of aliphatic hydroxyl groups is 1. The van der Waals surface area contributed by atoms with Crippen molar-refractivity contribution in [1.82, 2.24) is 0 Å². The largest absolute Gasteiger partial charge is 0.497 e. The van der Waals surface area contributed by atoms with Crippen LogP contribution in [0.15, 0.2) is 34.8 Å². The second-order valence-corrected chi connectivity index (χ2v) is 5.36. The van der Waals surface area contributed by atoms with Gasteiger partial charge in [-0.3, -0.25) is 0 Å². The molecule has 0 amide bonds. The Labute approximate surface area is 128 Å². The summed E-state index contributed by atoms with van der Waals surface area (Å²) in [6.45, 7) is 0. The molecule has 106 valence electrons. The molecule has 2 aromatic carbocycles. The van der Waals surface area contributed by atoms with Gasteiger partial charge in [-0.25, -0.2) is 8.78 Å². The Balaban J connectivity index is 2.50. The maximum Gasteiger partial charge on any atom is 0.135 e. The quantitative estimate of drug-likeness (QED) is 0.872. The van der Waals surface area contributed by atoms with E-state index in [1.807, 2.05) is 0 Å². The molecule has 0 aliphatic rings. The van der Waals surface area contributed by atoms with Crippen molar-refractivity contribution >= 4 is 27.5 Å². The van der Waals surface area contributed by atoms with E-state index in [4.69, 9.17) is 16.3 Å². The van der Waals surface area contributed by atoms with Crippen LogP contribution in [0.2, 0.25) is 5.02 Å². The molecule has 1 atom stereocenters. The van der Waals surface area contributed by atoms with E-state index in [0.29, 0.717) is 15.1 Å². The summed E-state index contributed by atoms with van der Waals surface area (Å²) < 4.78 is 33.1. The molecule has 0 saturated heterocycles. The number of hydrogen-bond donors (Lipinski definition) is 1. The summed E-state index contributed by atoms with van der Waals surface area (Å²) in [5.74, 6) is -1.71. The molecule has 1 unspecified atom stereocenters. The van der Waals surface area contributed by atoms with Gasteiger partial charge >= 0.3 is 0 Å². The monoisotopic (exact) mass is 362 g/mol. The van der Waals surface area contributed by atoms with E-state index in [1.165, 1.54) is 19.2 Å². The van der Waals surface area contributed by atoms with E-state index in [9.17, 15) is 13.9 Å². The first-order valence-corrected chi connectivity index (χ1v) is 6.77. The fourth-order valence-electron chi connectivity index (χ4n) is 1.82. The summed E-state index contributed by atoms with van der Waals surface area (Å²) in [5.41, 5.74) is -0.119. The van der Waals surface area contributed by atoms with Crippen LogP contribution in [-0.2, 0) is 0 Å². The van der Waals surface area contributed by atoms with E-state index < -0.39 is 23.3 Å². The molecule has 0 aliphatic carbocycles. The van der Waals surface area contributed by atoms with Crippen LogP contribution in [0.3, 0.4) is 0 Å². The average molecular weight is 364 g/mol. The number of aliphatic hydroxyl groups excluding tert-OH is 1. The molecule has 2 nitrogen and oxygen atoms in total. The molecule has 2 rings (SSSR count). The number of ether oxygens (including phenoxy) is 1. The lowest BCUT2D eigenvalue weighted by Crippen LogP contribution is -2.07. The van der Waals surface area contributed by atoms with Crippen molar-refractivity contribution in [2.75, 3.05) is 7.11 Å². The second-order valence-electron chi connectivity index (χ2n) is 4.07. The predicted octanol–water partition coefficient (Wildman–Crippen LogP) is 4.47. The van der Waals surface area contributed by atoms with Crippen LogP contribution in [0.25, 0.3) is 0 Å². The summed E-state index contributed by atoms with van der Waals surface area (Å²) in [5, 5.41) is 10.6. The lowest BCUT2D eigenvalue weighted by Gasteiger charge is -2.16. The molecule has 0 spiro atoms. The van der Waals surface area contributed by atoms with E-state index in [1.54, 1.807) is 6.07 Å². The molecule has 0 aromatic heterocycles. The van der Waals surface area contributed by atoms with Crippen molar-refractivity contribution in [1.29, 1.82) is 0 Å². The number of rotatable bonds is 3. The highest BCUT2D eigenvalue weighted by Crippen LogP contribution is 2.34. The Morgan fingerprint density at radius 2 is 1.80 bits per heavy atom. The minimum atomic E-state index is -1.45. The first-order valence-electron chi connectivity index (χ1n) is 5.60. The van der Waals surface area contributed by atoms with Crippen LogP contribution < -0.4 is 4.74 Å². The van der Waals surface area contributed by atoms with Gasteiger partial charge in [0.25, 0.3) is 0 Å². The van der Waals surface area contributed by atoms with Gasteiger partial charge in [0, 0.05) is 21.6 Å². The molecule has 2 aromatic rings. The Morgan fingerprint density at radius 3 is 2.30 bits per heavy atom. The molecule has 0 heterocycles. The molecule has 0 aliphatic heterocycles. The normalized spacial score (nSPS) is 12.3. The third-order valence-electron chi connectivity index (χ3n) is 2.82. The minimum absolute atomic E-state index is 0.0473. The van der Waals surface area contributed by atoms with Crippen molar-refractivity contribution in [3.63, 3.8) is 0 Å². The number of hydrogen-bond acceptors (Lipinski definition) is 2. The molecule has 0 saturated carbocycles. The first-order chi connectivity index (χ1) is 9.43. The molecular weight excluding hydrogens is 354 g/mol. The smallest absolute Gasteiger partial charge is 0.135 e. The topological polar surface area (TPSA) is 29.5 Å². The van der Waals surface area contributed by atoms with Gasteiger partial charge in [-0.1, -0.05) is 33.6 Å². The average Bonchev–Trinajstić information content (AvgIpc) is 2.37. The Bertz CT molecular complexity index is 626. The van der Waals surface area contributed by atoms with Crippen LogP contribution in [0, 0.1) is 11.6 Å². The second kappa shape index (κ2) is 6.08. The highest BCUT2D eigenvalue weighted by molar-refractivity contribution is 9.10. The predicted molar refractivity (Wildman–Crippen MR) is 76.1 cm³/mol.